The quantitative estimate of drug-likeness (QED) is 0.394. The fourth-order valence-electron chi connectivity index (χ4n) is 4.60. The summed E-state index contributed by atoms with van der Waals surface area (Å²) in [6.07, 6.45) is 4.24. The van der Waals surface area contributed by atoms with Crippen molar-refractivity contribution in [2.45, 2.75) is 37.8 Å². The molecule has 1 aromatic heterocycles. The highest BCUT2D eigenvalue weighted by molar-refractivity contribution is 6.31. The average Bonchev–Trinajstić information content (AvgIpc) is 2.96. The van der Waals surface area contributed by atoms with Gasteiger partial charge < -0.3 is 19.5 Å². The van der Waals surface area contributed by atoms with E-state index in [2.05, 4.69) is 11.4 Å². The van der Waals surface area contributed by atoms with Crippen LogP contribution in [0, 0.1) is 11.3 Å². The number of aromatic nitrogens is 1. The van der Waals surface area contributed by atoms with Crippen LogP contribution in [-0.2, 0) is 14.3 Å². The minimum Gasteiger partial charge on any atom is -0.495 e. The van der Waals surface area contributed by atoms with E-state index in [0.29, 0.717) is 45.3 Å². The van der Waals surface area contributed by atoms with Crippen LogP contribution in [0.4, 0.5) is 5.69 Å². The molecule has 2 aromatic carbocycles. The summed E-state index contributed by atoms with van der Waals surface area (Å²) in [5, 5.41) is 12.8. The Morgan fingerprint density at radius 3 is 2.56 bits per heavy atom. The topological polar surface area (TPSA) is 120 Å². The van der Waals surface area contributed by atoms with Gasteiger partial charge in [-0.05, 0) is 61.7 Å². The average molecular weight is 550 g/mol. The van der Waals surface area contributed by atoms with Crippen molar-refractivity contribution in [3.05, 3.63) is 81.2 Å². The number of carbonyl (C=O) groups is 2. The fourth-order valence-corrected chi connectivity index (χ4v) is 4.78. The number of hydrogen-bond acceptors (Lipinski definition) is 7. The van der Waals surface area contributed by atoms with Gasteiger partial charge in [-0.15, -0.1) is 0 Å². The summed E-state index contributed by atoms with van der Waals surface area (Å²) in [5.41, 5.74) is 1.52. The molecule has 1 N–H and O–H groups in total. The number of nitrogens with one attached hydrogen (secondary N) is 1. The molecule has 1 fully saturated rings. The number of ether oxygens (including phenoxy) is 3. The molecule has 0 spiro atoms. The van der Waals surface area contributed by atoms with E-state index in [-0.39, 0.29) is 12.5 Å². The van der Waals surface area contributed by atoms with Crippen molar-refractivity contribution >= 4 is 29.2 Å². The standard InChI is InChI=1S/C29H28ClN3O6/c1-37-26-17-33(27(34)15-24(26)23-13-20(30)9-6-19(23)16-31)25(14-22-5-3-4-12-39-22)28(35)32-21-10-7-18(8-11-21)29(36)38-2/h6-11,13,15,17,22,25H,3-5,12,14H2,1-2H3,(H,32,35). The van der Waals surface area contributed by atoms with E-state index < -0.39 is 23.5 Å². The van der Waals surface area contributed by atoms with Crippen molar-refractivity contribution in [3.63, 3.8) is 0 Å². The number of pyridine rings is 1. The van der Waals surface area contributed by atoms with Gasteiger partial charge in [0.15, 0.2) is 0 Å². The second-order valence-electron chi connectivity index (χ2n) is 9.10. The van der Waals surface area contributed by atoms with Crippen LogP contribution in [0.5, 0.6) is 5.75 Å². The summed E-state index contributed by atoms with van der Waals surface area (Å²) < 4.78 is 17.5. The summed E-state index contributed by atoms with van der Waals surface area (Å²) in [4.78, 5) is 38.8. The zero-order valence-corrected chi connectivity index (χ0v) is 22.4. The van der Waals surface area contributed by atoms with Crippen LogP contribution in [0.25, 0.3) is 11.1 Å². The van der Waals surface area contributed by atoms with Crippen molar-refractivity contribution < 1.29 is 23.8 Å². The SMILES string of the molecule is COC(=O)c1ccc(NC(=O)C(CC2CCCCO2)n2cc(OC)c(-c3cc(Cl)ccc3C#N)cc2=O)cc1. The predicted octanol–water partition coefficient (Wildman–Crippen LogP) is 4.97. The second kappa shape index (κ2) is 12.6. The van der Waals surface area contributed by atoms with Gasteiger partial charge in [0.25, 0.3) is 5.56 Å². The smallest absolute Gasteiger partial charge is 0.337 e. The predicted molar refractivity (Wildman–Crippen MR) is 146 cm³/mol. The van der Waals surface area contributed by atoms with Crippen molar-refractivity contribution in [3.8, 4) is 22.9 Å². The summed E-state index contributed by atoms with van der Waals surface area (Å²) >= 11 is 6.18. The molecule has 0 saturated carbocycles. The molecule has 2 unspecified atom stereocenters. The number of rotatable bonds is 8. The molecule has 1 aliphatic rings. The van der Waals surface area contributed by atoms with Gasteiger partial charge in [-0.25, -0.2) is 4.79 Å². The molecule has 1 aliphatic heterocycles. The normalized spacial score (nSPS) is 15.6. The summed E-state index contributed by atoms with van der Waals surface area (Å²) in [7, 11) is 2.74. The molecule has 202 valence electrons. The zero-order chi connectivity index (χ0) is 27.9. The fraction of sp³-hybridized carbons (Fsp3) is 0.310. The summed E-state index contributed by atoms with van der Waals surface area (Å²) in [5.74, 6) is -0.608. The van der Waals surface area contributed by atoms with Gasteiger partial charge in [-0.1, -0.05) is 11.6 Å². The molecular formula is C29H28ClN3O6. The Bertz CT molecular complexity index is 1460. The van der Waals surface area contributed by atoms with E-state index in [1.807, 2.05) is 0 Å². The van der Waals surface area contributed by atoms with E-state index in [1.165, 1.54) is 31.0 Å². The van der Waals surface area contributed by atoms with Crippen LogP contribution < -0.4 is 15.6 Å². The number of nitrogens with zero attached hydrogens (tertiary/aromatic N) is 2. The lowest BCUT2D eigenvalue weighted by molar-refractivity contribution is -0.121. The first-order valence-electron chi connectivity index (χ1n) is 12.5. The number of anilines is 1. The molecule has 1 amide bonds. The number of amides is 1. The first-order chi connectivity index (χ1) is 18.8. The molecule has 0 aliphatic carbocycles. The molecule has 2 heterocycles. The van der Waals surface area contributed by atoms with Gasteiger partial charge in [0.2, 0.25) is 5.91 Å². The van der Waals surface area contributed by atoms with Gasteiger partial charge in [0.1, 0.15) is 11.8 Å². The van der Waals surface area contributed by atoms with E-state index in [4.69, 9.17) is 25.8 Å². The number of esters is 1. The highest BCUT2D eigenvalue weighted by Gasteiger charge is 2.29. The Balaban J connectivity index is 1.72. The van der Waals surface area contributed by atoms with Crippen LogP contribution in [0.15, 0.2) is 59.5 Å². The van der Waals surface area contributed by atoms with Gasteiger partial charge >= 0.3 is 5.97 Å². The number of benzene rings is 2. The molecule has 3 aromatic rings. The number of halogens is 1. The third kappa shape index (κ3) is 6.48. The molecule has 0 radical (unpaired) electrons. The molecule has 2 atom stereocenters. The Hall–Kier alpha value is -4.13. The third-order valence-electron chi connectivity index (χ3n) is 6.63. The van der Waals surface area contributed by atoms with Gasteiger partial charge in [-0.2, -0.15) is 5.26 Å². The number of methoxy groups -OCH3 is 2. The lowest BCUT2D eigenvalue weighted by Crippen LogP contribution is -2.36. The monoisotopic (exact) mass is 549 g/mol. The molecule has 4 rings (SSSR count). The van der Waals surface area contributed by atoms with Crippen LogP contribution in [0.1, 0.15) is 47.6 Å². The Labute approximate surface area is 230 Å². The van der Waals surface area contributed by atoms with Gasteiger partial charge in [0, 0.05) is 40.9 Å². The summed E-state index contributed by atoms with van der Waals surface area (Å²) in [6.45, 7) is 0.594. The van der Waals surface area contributed by atoms with Gasteiger partial charge in [0.05, 0.1) is 43.7 Å². The van der Waals surface area contributed by atoms with Crippen molar-refractivity contribution in [2.24, 2.45) is 0 Å². The zero-order valence-electron chi connectivity index (χ0n) is 21.6. The number of nitriles is 1. The maximum absolute atomic E-state index is 13.6. The summed E-state index contributed by atoms with van der Waals surface area (Å²) in [6, 6.07) is 13.6. The van der Waals surface area contributed by atoms with E-state index in [0.717, 1.165) is 19.3 Å². The highest BCUT2D eigenvalue weighted by Crippen LogP contribution is 2.34. The van der Waals surface area contributed by atoms with Crippen molar-refractivity contribution in [1.29, 1.82) is 5.26 Å². The molecule has 10 heteroatoms. The molecule has 0 bridgehead atoms. The van der Waals surface area contributed by atoms with Crippen molar-refractivity contribution in [1.82, 2.24) is 4.57 Å². The van der Waals surface area contributed by atoms with Crippen LogP contribution in [-0.4, -0.2) is 43.4 Å². The minimum absolute atomic E-state index is 0.202. The van der Waals surface area contributed by atoms with Crippen LogP contribution >= 0.6 is 11.6 Å². The molecule has 1 saturated heterocycles. The van der Waals surface area contributed by atoms with Crippen LogP contribution in [0.2, 0.25) is 5.02 Å². The Morgan fingerprint density at radius 2 is 1.92 bits per heavy atom. The van der Waals surface area contributed by atoms with Gasteiger partial charge in [-0.3, -0.25) is 14.2 Å². The number of hydrogen-bond donors (Lipinski definition) is 1. The lowest BCUT2D eigenvalue weighted by atomic mass is 9.99. The first-order valence-corrected chi connectivity index (χ1v) is 12.8. The Kier molecular flexibility index (Phi) is 9.02. The van der Waals surface area contributed by atoms with E-state index >= 15 is 0 Å². The maximum atomic E-state index is 13.6. The van der Waals surface area contributed by atoms with E-state index in [1.54, 1.807) is 42.5 Å². The van der Waals surface area contributed by atoms with Crippen molar-refractivity contribution in [2.75, 3.05) is 26.1 Å². The first kappa shape index (κ1) is 27.9. The lowest BCUT2D eigenvalue weighted by Gasteiger charge is -2.28. The third-order valence-corrected chi connectivity index (χ3v) is 6.86. The minimum atomic E-state index is -0.918. The Morgan fingerprint density at radius 1 is 1.15 bits per heavy atom. The molecule has 39 heavy (non-hydrogen) atoms. The largest absolute Gasteiger partial charge is 0.495 e. The second-order valence-corrected chi connectivity index (χ2v) is 9.54. The molecule has 9 nitrogen and oxygen atoms in total. The molecular weight excluding hydrogens is 522 g/mol. The van der Waals surface area contributed by atoms with Crippen LogP contribution in [0.3, 0.4) is 0 Å². The van der Waals surface area contributed by atoms with E-state index in [9.17, 15) is 19.6 Å². The maximum Gasteiger partial charge on any atom is 0.337 e. The highest BCUT2D eigenvalue weighted by atomic mass is 35.5. The number of carbonyl (C=O) groups excluding carboxylic acids is 2.